The monoisotopic (exact) mass is 219 g/mol. The first-order chi connectivity index (χ1) is 7.66. The van der Waals surface area contributed by atoms with Crippen molar-refractivity contribution in [2.45, 2.75) is 45.6 Å². The number of hydrogen-bond acceptors (Lipinski definition) is 3. The van der Waals surface area contributed by atoms with E-state index in [9.17, 15) is 0 Å². The van der Waals surface area contributed by atoms with Crippen molar-refractivity contribution in [1.29, 1.82) is 0 Å². The lowest BCUT2D eigenvalue weighted by Crippen LogP contribution is -2.28. The Morgan fingerprint density at radius 1 is 1.50 bits per heavy atom. The zero-order valence-electron chi connectivity index (χ0n) is 10.4. The van der Waals surface area contributed by atoms with Gasteiger partial charge in [0.1, 0.15) is 5.82 Å². The lowest BCUT2D eigenvalue weighted by Gasteiger charge is -2.21. The SMILES string of the molecule is Cc1nccc(C2CCNC2CC(C)C)n1. The highest BCUT2D eigenvalue weighted by atomic mass is 15.0. The fraction of sp³-hybridized carbons (Fsp3) is 0.692. The van der Waals surface area contributed by atoms with Crippen LogP contribution in [0.5, 0.6) is 0 Å². The van der Waals surface area contributed by atoms with E-state index in [-0.39, 0.29) is 0 Å². The molecule has 0 saturated carbocycles. The van der Waals surface area contributed by atoms with Crippen LogP contribution in [0.1, 0.15) is 44.1 Å². The third-order valence-corrected chi connectivity index (χ3v) is 3.25. The molecule has 1 saturated heterocycles. The molecule has 0 aliphatic carbocycles. The Bertz CT molecular complexity index is 349. The number of nitrogens with zero attached hydrogens (tertiary/aromatic N) is 2. The fourth-order valence-electron chi connectivity index (χ4n) is 2.56. The molecule has 0 amide bonds. The minimum Gasteiger partial charge on any atom is -0.313 e. The Labute approximate surface area is 97.7 Å². The third-order valence-electron chi connectivity index (χ3n) is 3.25. The van der Waals surface area contributed by atoms with Gasteiger partial charge in [-0.25, -0.2) is 9.97 Å². The van der Waals surface area contributed by atoms with Crippen LogP contribution in [0, 0.1) is 12.8 Å². The second kappa shape index (κ2) is 4.91. The first-order valence-corrected chi connectivity index (χ1v) is 6.19. The molecule has 1 fully saturated rings. The molecule has 2 heterocycles. The lowest BCUT2D eigenvalue weighted by atomic mass is 9.90. The predicted molar refractivity (Wildman–Crippen MR) is 65.4 cm³/mol. The van der Waals surface area contributed by atoms with Crippen LogP contribution in [0.4, 0.5) is 0 Å². The molecule has 88 valence electrons. The van der Waals surface area contributed by atoms with E-state index in [1.165, 1.54) is 18.5 Å². The van der Waals surface area contributed by atoms with Crippen LogP contribution in [0.25, 0.3) is 0 Å². The maximum Gasteiger partial charge on any atom is 0.125 e. The Hall–Kier alpha value is -0.960. The molecule has 2 unspecified atom stereocenters. The summed E-state index contributed by atoms with van der Waals surface area (Å²) in [4.78, 5) is 8.73. The summed E-state index contributed by atoms with van der Waals surface area (Å²) in [6.45, 7) is 7.64. The van der Waals surface area contributed by atoms with Crippen LogP contribution in [0.3, 0.4) is 0 Å². The molecule has 1 aromatic heterocycles. The Balaban J connectivity index is 2.13. The molecule has 1 aliphatic heterocycles. The zero-order chi connectivity index (χ0) is 11.5. The molecule has 0 radical (unpaired) electrons. The summed E-state index contributed by atoms with van der Waals surface area (Å²) in [5.41, 5.74) is 1.21. The Morgan fingerprint density at radius 2 is 2.31 bits per heavy atom. The van der Waals surface area contributed by atoms with Crippen molar-refractivity contribution in [2.75, 3.05) is 6.54 Å². The van der Waals surface area contributed by atoms with Crippen LogP contribution < -0.4 is 5.32 Å². The Kier molecular flexibility index (Phi) is 3.54. The van der Waals surface area contributed by atoms with Gasteiger partial charge in [0, 0.05) is 23.9 Å². The molecule has 0 spiro atoms. The number of aryl methyl sites for hydroxylation is 1. The molecule has 3 nitrogen and oxygen atoms in total. The lowest BCUT2D eigenvalue weighted by molar-refractivity contribution is 0.429. The van der Waals surface area contributed by atoms with Crippen molar-refractivity contribution in [3.63, 3.8) is 0 Å². The highest BCUT2D eigenvalue weighted by Gasteiger charge is 2.29. The van der Waals surface area contributed by atoms with Crippen LogP contribution in [0.15, 0.2) is 12.3 Å². The van der Waals surface area contributed by atoms with E-state index in [4.69, 9.17) is 0 Å². The van der Waals surface area contributed by atoms with Gasteiger partial charge in [-0.2, -0.15) is 0 Å². The number of aromatic nitrogens is 2. The number of nitrogens with one attached hydrogen (secondary N) is 1. The molecule has 2 rings (SSSR count). The maximum absolute atomic E-state index is 4.56. The largest absolute Gasteiger partial charge is 0.313 e. The van der Waals surface area contributed by atoms with Gasteiger partial charge in [0.25, 0.3) is 0 Å². The smallest absolute Gasteiger partial charge is 0.125 e. The highest BCUT2D eigenvalue weighted by molar-refractivity contribution is 5.13. The molecule has 3 heteroatoms. The van der Waals surface area contributed by atoms with Crippen molar-refractivity contribution in [3.05, 3.63) is 23.8 Å². The van der Waals surface area contributed by atoms with Gasteiger partial charge in [-0.15, -0.1) is 0 Å². The van der Waals surface area contributed by atoms with Crippen molar-refractivity contribution in [3.8, 4) is 0 Å². The molecular weight excluding hydrogens is 198 g/mol. The summed E-state index contributed by atoms with van der Waals surface area (Å²) in [5, 5.41) is 3.60. The minimum atomic E-state index is 0.573. The third kappa shape index (κ3) is 2.59. The van der Waals surface area contributed by atoms with E-state index in [0.717, 1.165) is 18.3 Å². The summed E-state index contributed by atoms with van der Waals surface area (Å²) in [7, 11) is 0. The molecule has 1 aliphatic rings. The standard InChI is InChI=1S/C13H21N3/c1-9(2)8-13-11(4-6-15-13)12-5-7-14-10(3)16-12/h5,7,9,11,13,15H,4,6,8H2,1-3H3. The molecule has 2 atom stereocenters. The molecule has 16 heavy (non-hydrogen) atoms. The summed E-state index contributed by atoms with van der Waals surface area (Å²) in [5.74, 6) is 2.19. The predicted octanol–water partition coefficient (Wildman–Crippen LogP) is 2.28. The maximum atomic E-state index is 4.56. The van der Waals surface area contributed by atoms with Gasteiger partial charge in [-0.1, -0.05) is 13.8 Å². The molecule has 0 aromatic carbocycles. The van der Waals surface area contributed by atoms with Crippen LogP contribution in [-0.4, -0.2) is 22.6 Å². The Morgan fingerprint density at radius 3 is 3.00 bits per heavy atom. The number of rotatable bonds is 3. The van der Waals surface area contributed by atoms with Gasteiger partial charge >= 0.3 is 0 Å². The zero-order valence-corrected chi connectivity index (χ0v) is 10.4. The van der Waals surface area contributed by atoms with Crippen LogP contribution in [-0.2, 0) is 0 Å². The van der Waals surface area contributed by atoms with E-state index in [1.54, 1.807) is 0 Å². The summed E-state index contributed by atoms with van der Waals surface area (Å²) < 4.78 is 0. The van der Waals surface area contributed by atoms with Crippen LogP contribution in [0.2, 0.25) is 0 Å². The van der Waals surface area contributed by atoms with E-state index < -0.39 is 0 Å². The quantitative estimate of drug-likeness (QED) is 0.847. The second-order valence-electron chi connectivity index (χ2n) is 5.11. The average molecular weight is 219 g/mol. The van der Waals surface area contributed by atoms with E-state index in [0.29, 0.717) is 12.0 Å². The van der Waals surface area contributed by atoms with Crippen molar-refractivity contribution < 1.29 is 0 Å². The van der Waals surface area contributed by atoms with Gasteiger partial charge in [0.2, 0.25) is 0 Å². The van der Waals surface area contributed by atoms with E-state index in [2.05, 4.69) is 35.2 Å². The molecular formula is C13H21N3. The normalized spacial score (nSPS) is 25.2. The molecule has 0 bridgehead atoms. The summed E-state index contributed by atoms with van der Waals surface area (Å²) >= 11 is 0. The van der Waals surface area contributed by atoms with E-state index in [1.807, 2.05) is 13.1 Å². The first kappa shape index (κ1) is 11.5. The minimum absolute atomic E-state index is 0.573. The molecule has 1 N–H and O–H groups in total. The van der Waals surface area contributed by atoms with Gasteiger partial charge in [0.15, 0.2) is 0 Å². The van der Waals surface area contributed by atoms with Gasteiger partial charge < -0.3 is 5.32 Å². The van der Waals surface area contributed by atoms with Gasteiger partial charge in [0.05, 0.1) is 0 Å². The van der Waals surface area contributed by atoms with Crippen molar-refractivity contribution in [2.24, 2.45) is 5.92 Å². The average Bonchev–Trinajstić information content (AvgIpc) is 2.65. The van der Waals surface area contributed by atoms with Gasteiger partial charge in [-0.05, 0) is 38.3 Å². The van der Waals surface area contributed by atoms with E-state index >= 15 is 0 Å². The second-order valence-corrected chi connectivity index (χ2v) is 5.11. The van der Waals surface area contributed by atoms with Crippen molar-refractivity contribution in [1.82, 2.24) is 15.3 Å². The topological polar surface area (TPSA) is 37.8 Å². The fourth-order valence-corrected chi connectivity index (χ4v) is 2.56. The van der Waals surface area contributed by atoms with Gasteiger partial charge in [-0.3, -0.25) is 0 Å². The summed E-state index contributed by atoms with van der Waals surface area (Å²) in [6, 6.07) is 2.66. The van der Waals surface area contributed by atoms with Crippen LogP contribution >= 0.6 is 0 Å². The number of hydrogen-bond donors (Lipinski definition) is 1. The summed E-state index contributed by atoms with van der Waals surface area (Å²) in [6.07, 6.45) is 4.31. The van der Waals surface area contributed by atoms with Crippen molar-refractivity contribution >= 4 is 0 Å². The highest BCUT2D eigenvalue weighted by Crippen LogP contribution is 2.29. The first-order valence-electron chi connectivity index (χ1n) is 6.19. The molecule has 1 aromatic rings.